The normalized spacial score (nSPS) is 10.3. The number of ketones is 1. The molecule has 0 aliphatic heterocycles. The number of Topliss-reactive ketones (excluding diaryl/α,β-unsaturated/α-hetero) is 1. The lowest BCUT2D eigenvalue weighted by molar-refractivity contribution is -0.385. The van der Waals surface area contributed by atoms with Crippen LogP contribution in [0, 0.1) is 10.1 Å². The molecule has 2 aromatic rings. The lowest BCUT2D eigenvalue weighted by Gasteiger charge is -2.06. The molecule has 0 saturated heterocycles. The molecule has 0 unspecified atom stereocenters. The van der Waals surface area contributed by atoms with Crippen LogP contribution >= 0.6 is 11.6 Å². The van der Waals surface area contributed by atoms with Gasteiger partial charge in [-0.05, 0) is 24.1 Å². The van der Waals surface area contributed by atoms with Gasteiger partial charge >= 0.3 is 5.97 Å². The van der Waals surface area contributed by atoms with E-state index in [1.807, 2.05) is 12.1 Å². The van der Waals surface area contributed by atoms with Crippen molar-refractivity contribution in [2.45, 2.75) is 19.8 Å². The third-order valence-corrected chi connectivity index (χ3v) is 3.76. The lowest BCUT2D eigenvalue weighted by atomic mass is 10.1. The zero-order valence-electron chi connectivity index (χ0n) is 13.5. The van der Waals surface area contributed by atoms with E-state index in [2.05, 4.69) is 6.92 Å². The first-order valence-electron chi connectivity index (χ1n) is 7.65. The Morgan fingerprint density at radius 2 is 1.84 bits per heavy atom. The standard InChI is InChI=1S/C18H16ClNO5/c1-2-3-12-4-6-13(7-5-12)17(21)11-25-18(22)15-9-8-14(19)10-16(15)20(23)24/h4-10H,2-3,11H2,1H3. The summed E-state index contributed by atoms with van der Waals surface area (Å²) in [7, 11) is 0. The van der Waals surface area contributed by atoms with Gasteiger partial charge in [-0.15, -0.1) is 0 Å². The number of aryl methyl sites for hydroxylation is 1. The molecule has 6 nitrogen and oxygen atoms in total. The van der Waals surface area contributed by atoms with Gasteiger partial charge in [-0.1, -0.05) is 49.2 Å². The number of hydrogen-bond donors (Lipinski definition) is 0. The van der Waals surface area contributed by atoms with Gasteiger partial charge in [-0.25, -0.2) is 4.79 Å². The second-order valence-corrected chi connectivity index (χ2v) is 5.80. The molecule has 2 aromatic carbocycles. The molecule has 0 aliphatic rings. The number of rotatable bonds is 7. The molecule has 0 aromatic heterocycles. The molecule has 7 heteroatoms. The maximum absolute atomic E-state index is 12.1. The Morgan fingerprint density at radius 3 is 2.44 bits per heavy atom. The molecular formula is C18H16ClNO5. The molecule has 2 rings (SSSR count). The zero-order chi connectivity index (χ0) is 18.4. The molecule has 0 amide bonds. The summed E-state index contributed by atoms with van der Waals surface area (Å²) >= 11 is 5.70. The lowest BCUT2D eigenvalue weighted by Crippen LogP contribution is -2.15. The van der Waals surface area contributed by atoms with Crippen molar-refractivity contribution in [1.29, 1.82) is 0 Å². The Hall–Kier alpha value is -2.73. The van der Waals surface area contributed by atoms with E-state index in [-0.39, 0.29) is 16.4 Å². The van der Waals surface area contributed by atoms with Gasteiger partial charge in [-0.3, -0.25) is 14.9 Å². The van der Waals surface area contributed by atoms with E-state index in [9.17, 15) is 19.7 Å². The number of benzene rings is 2. The Morgan fingerprint density at radius 1 is 1.16 bits per heavy atom. The van der Waals surface area contributed by atoms with Crippen LogP contribution in [-0.4, -0.2) is 23.3 Å². The molecule has 0 saturated carbocycles. The number of hydrogen-bond acceptors (Lipinski definition) is 5. The molecule has 130 valence electrons. The van der Waals surface area contributed by atoms with Crippen LogP contribution in [0.5, 0.6) is 0 Å². The van der Waals surface area contributed by atoms with E-state index in [0.717, 1.165) is 24.5 Å². The first kappa shape index (κ1) is 18.6. The number of carbonyl (C=O) groups excluding carboxylic acids is 2. The number of carbonyl (C=O) groups is 2. The van der Waals surface area contributed by atoms with Crippen molar-refractivity contribution in [3.8, 4) is 0 Å². The topological polar surface area (TPSA) is 86.5 Å². The van der Waals surface area contributed by atoms with Gasteiger partial charge in [0.15, 0.2) is 12.4 Å². The van der Waals surface area contributed by atoms with Gasteiger partial charge in [0.1, 0.15) is 5.56 Å². The van der Waals surface area contributed by atoms with Crippen molar-refractivity contribution in [3.63, 3.8) is 0 Å². The Bertz CT molecular complexity index is 802. The van der Waals surface area contributed by atoms with Crippen LogP contribution < -0.4 is 0 Å². The van der Waals surface area contributed by atoms with Crippen molar-refractivity contribution in [1.82, 2.24) is 0 Å². The van der Waals surface area contributed by atoms with Crippen molar-refractivity contribution in [2.75, 3.05) is 6.61 Å². The first-order valence-corrected chi connectivity index (χ1v) is 8.03. The predicted octanol–water partition coefficient (Wildman–Crippen LogP) is 4.24. The molecule has 25 heavy (non-hydrogen) atoms. The van der Waals surface area contributed by atoms with E-state index in [1.165, 1.54) is 12.1 Å². The molecule has 0 heterocycles. The van der Waals surface area contributed by atoms with Gasteiger partial charge in [0, 0.05) is 16.7 Å². The van der Waals surface area contributed by atoms with Gasteiger partial charge in [0.05, 0.1) is 4.92 Å². The molecule has 0 aliphatic carbocycles. The third kappa shape index (κ3) is 4.87. The molecule has 0 radical (unpaired) electrons. The van der Waals surface area contributed by atoms with Crippen molar-refractivity contribution in [2.24, 2.45) is 0 Å². The number of nitro benzene ring substituents is 1. The summed E-state index contributed by atoms with van der Waals surface area (Å²) < 4.78 is 4.92. The van der Waals surface area contributed by atoms with Crippen molar-refractivity contribution >= 4 is 29.0 Å². The Labute approximate surface area is 149 Å². The maximum Gasteiger partial charge on any atom is 0.345 e. The molecule has 0 bridgehead atoms. The minimum Gasteiger partial charge on any atom is -0.454 e. The van der Waals surface area contributed by atoms with E-state index < -0.39 is 23.2 Å². The SMILES string of the molecule is CCCc1ccc(C(=O)COC(=O)c2ccc(Cl)cc2[N+](=O)[O-])cc1. The summed E-state index contributed by atoms with van der Waals surface area (Å²) in [6, 6.07) is 10.7. The largest absolute Gasteiger partial charge is 0.454 e. The summed E-state index contributed by atoms with van der Waals surface area (Å²) in [5.41, 5.74) is 0.820. The second-order valence-electron chi connectivity index (χ2n) is 5.36. The van der Waals surface area contributed by atoms with Gasteiger partial charge in [0.25, 0.3) is 5.69 Å². The number of nitro groups is 1. The number of nitrogens with zero attached hydrogens (tertiary/aromatic N) is 1. The second kappa shape index (κ2) is 8.39. The summed E-state index contributed by atoms with van der Waals surface area (Å²) in [5.74, 6) is -1.33. The highest BCUT2D eigenvalue weighted by molar-refractivity contribution is 6.31. The molecular weight excluding hydrogens is 346 g/mol. The third-order valence-electron chi connectivity index (χ3n) is 3.53. The van der Waals surface area contributed by atoms with Crippen LogP contribution in [0.2, 0.25) is 5.02 Å². The number of esters is 1. The maximum atomic E-state index is 12.1. The predicted molar refractivity (Wildman–Crippen MR) is 93.2 cm³/mol. The zero-order valence-corrected chi connectivity index (χ0v) is 14.3. The van der Waals surface area contributed by atoms with Crippen LogP contribution in [-0.2, 0) is 11.2 Å². The quantitative estimate of drug-likeness (QED) is 0.318. The monoisotopic (exact) mass is 361 g/mol. The van der Waals surface area contributed by atoms with E-state index >= 15 is 0 Å². The van der Waals surface area contributed by atoms with Gasteiger partial charge < -0.3 is 4.74 Å². The van der Waals surface area contributed by atoms with Gasteiger partial charge in [-0.2, -0.15) is 0 Å². The number of ether oxygens (including phenoxy) is 1. The average molecular weight is 362 g/mol. The van der Waals surface area contributed by atoms with Crippen LogP contribution in [0.25, 0.3) is 0 Å². The van der Waals surface area contributed by atoms with Crippen molar-refractivity contribution < 1.29 is 19.2 Å². The number of halogens is 1. The Kier molecular flexibility index (Phi) is 6.25. The summed E-state index contributed by atoms with van der Waals surface area (Å²) in [6.45, 7) is 1.57. The van der Waals surface area contributed by atoms with Crippen LogP contribution in [0.1, 0.15) is 39.6 Å². The minimum atomic E-state index is -0.945. The highest BCUT2D eigenvalue weighted by atomic mass is 35.5. The van der Waals surface area contributed by atoms with Crippen LogP contribution in [0.15, 0.2) is 42.5 Å². The molecule has 0 fully saturated rings. The first-order chi connectivity index (χ1) is 11.9. The van der Waals surface area contributed by atoms with Crippen LogP contribution in [0.4, 0.5) is 5.69 Å². The fraction of sp³-hybridized carbons (Fsp3) is 0.222. The fourth-order valence-corrected chi connectivity index (χ4v) is 2.43. The van der Waals surface area contributed by atoms with Gasteiger partial charge in [0.2, 0.25) is 0 Å². The smallest absolute Gasteiger partial charge is 0.345 e. The summed E-state index contributed by atoms with van der Waals surface area (Å²) in [5, 5.41) is 11.1. The van der Waals surface area contributed by atoms with E-state index in [0.29, 0.717) is 5.56 Å². The summed E-state index contributed by atoms with van der Waals surface area (Å²) in [4.78, 5) is 34.4. The molecule has 0 N–H and O–H groups in total. The van der Waals surface area contributed by atoms with Crippen LogP contribution in [0.3, 0.4) is 0 Å². The average Bonchev–Trinajstić information content (AvgIpc) is 2.60. The molecule has 0 atom stereocenters. The van der Waals surface area contributed by atoms with E-state index in [4.69, 9.17) is 16.3 Å². The molecule has 0 spiro atoms. The summed E-state index contributed by atoms with van der Waals surface area (Å²) in [6.07, 6.45) is 1.93. The van der Waals surface area contributed by atoms with E-state index in [1.54, 1.807) is 12.1 Å². The minimum absolute atomic E-state index is 0.131. The fourth-order valence-electron chi connectivity index (χ4n) is 2.27. The highest BCUT2D eigenvalue weighted by Crippen LogP contribution is 2.24. The highest BCUT2D eigenvalue weighted by Gasteiger charge is 2.22. The Balaban J connectivity index is 2.04. The van der Waals surface area contributed by atoms with Crippen molar-refractivity contribution in [3.05, 3.63) is 74.3 Å².